The van der Waals surface area contributed by atoms with Crippen LogP contribution in [0.1, 0.15) is 18.4 Å². The number of amides is 1. The van der Waals surface area contributed by atoms with Crippen LogP contribution in [0.15, 0.2) is 30.3 Å². The highest BCUT2D eigenvalue weighted by Crippen LogP contribution is 2.10. The number of nitrogens with two attached hydrogens (primary N) is 1. The molecule has 0 aromatic heterocycles. The van der Waals surface area contributed by atoms with E-state index in [1.165, 1.54) is 5.56 Å². The zero-order chi connectivity index (χ0) is 11.4. The SMILES string of the molecule is N[C@H]1CCN(C(=O)CCc2ccccc2)C1. The lowest BCUT2D eigenvalue weighted by atomic mass is 10.1. The van der Waals surface area contributed by atoms with Gasteiger partial charge in [0, 0.05) is 25.6 Å². The van der Waals surface area contributed by atoms with Gasteiger partial charge >= 0.3 is 0 Å². The molecule has 1 amide bonds. The van der Waals surface area contributed by atoms with Crippen LogP contribution in [0, 0.1) is 0 Å². The van der Waals surface area contributed by atoms with Gasteiger partial charge in [0.1, 0.15) is 0 Å². The number of hydrogen-bond donors (Lipinski definition) is 1. The molecule has 0 unspecified atom stereocenters. The van der Waals surface area contributed by atoms with Crippen LogP contribution in [0.3, 0.4) is 0 Å². The van der Waals surface area contributed by atoms with Crippen molar-refractivity contribution in [1.29, 1.82) is 0 Å². The highest BCUT2D eigenvalue weighted by atomic mass is 16.2. The van der Waals surface area contributed by atoms with Gasteiger partial charge in [-0.05, 0) is 18.4 Å². The monoisotopic (exact) mass is 218 g/mol. The van der Waals surface area contributed by atoms with E-state index in [0.717, 1.165) is 25.9 Å². The van der Waals surface area contributed by atoms with Gasteiger partial charge < -0.3 is 10.6 Å². The number of benzene rings is 1. The third-order valence-corrected chi connectivity index (χ3v) is 3.05. The van der Waals surface area contributed by atoms with Gasteiger partial charge in [0.05, 0.1) is 0 Å². The molecule has 1 heterocycles. The van der Waals surface area contributed by atoms with Gasteiger partial charge in [0.15, 0.2) is 0 Å². The van der Waals surface area contributed by atoms with Crippen molar-refractivity contribution in [2.75, 3.05) is 13.1 Å². The predicted molar refractivity (Wildman–Crippen MR) is 63.9 cm³/mol. The van der Waals surface area contributed by atoms with Gasteiger partial charge in [-0.25, -0.2) is 0 Å². The first kappa shape index (κ1) is 11.1. The van der Waals surface area contributed by atoms with Crippen molar-refractivity contribution in [2.24, 2.45) is 5.73 Å². The maximum atomic E-state index is 11.8. The van der Waals surface area contributed by atoms with Gasteiger partial charge in [-0.3, -0.25) is 4.79 Å². The number of carbonyl (C=O) groups excluding carboxylic acids is 1. The standard InChI is InChI=1S/C13H18N2O/c14-12-8-9-15(10-12)13(16)7-6-11-4-2-1-3-5-11/h1-5,12H,6-10,14H2/t12-/m0/s1. The Bertz CT molecular complexity index is 350. The number of carbonyl (C=O) groups is 1. The van der Waals surface area contributed by atoms with E-state index in [2.05, 4.69) is 12.1 Å². The number of rotatable bonds is 3. The van der Waals surface area contributed by atoms with Gasteiger partial charge in [0.25, 0.3) is 0 Å². The van der Waals surface area contributed by atoms with Crippen LogP contribution in [0.5, 0.6) is 0 Å². The zero-order valence-electron chi connectivity index (χ0n) is 9.43. The Hall–Kier alpha value is -1.35. The largest absolute Gasteiger partial charge is 0.341 e. The van der Waals surface area contributed by atoms with Crippen LogP contribution >= 0.6 is 0 Å². The molecular formula is C13H18N2O. The molecule has 0 spiro atoms. The Morgan fingerprint density at radius 2 is 2.12 bits per heavy atom. The molecule has 1 aliphatic heterocycles. The van der Waals surface area contributed by atoms with Crippen molar-refractivity contribution < 1.29 is 4.79 Å². The first-order chi connectivity index (χ1) is 7.75. The number of likely N-dealkylation sites (tertiary alicyclic amines) is 1. The van der Waals surface area contributed by atoms with Gasteiger partial charge in [0.2, 0.25) is 5.91 Å². The summed E-state index contributed by atoms with van der Waals surface area (Å²) in [6.07, 6.45) is 2.36. The molecule has 0 radical (unpaired) electrons. The molecule has 2 N–H and O–H groups in total. The third-order valence-electron chi connectivity index (χ3n) is 3.05. The molecule has 1 atom stereocenters. The quantitative estimate of drug-likeness (QED) is 0.828. The van der Waals surface area contributed by atoms with Crippen molar-refractivity contribution >= 4 is 5.91 Å². The third kappa shape index (κ3) is 2.83. The summed E-state index contributed by atoms with van der Waals surface area (Å²) in [5, 5.41) is 0. The fourth-order valence-corrected chi connectivity index (χ4v) is 2.07. The molecule has 86 valence electrons. The molecule has 1 aromatic carbocycles. The van der Waals surface area contributed by atoms with E-state index in [0.29, 0.717) is 6.42 Å². The molecule has 16 heavy (non-hydrogen) atoms. The van der Waals surface area contributed by atoms with Crippen molar-refractivity contribution in [2.45, 2.75) is 25.3 Å². The maximum Gasteiger partial charge on any atom is 0.222 e. The fourth-order valence-electron chi connectivity index (χ4n) is 2.07. The average molecular weight is 218 g/mol. The lowest BCUT2D eigenvalue weighted by Gasteiger charge is -2.15. The normalized spacial score (nSPS) is 20.1. The predicted octanol–water partition coefficient (Wildman–Crippen LogP) is 1.18. The maximum absolute atomic E-state index is 11.8. The van der Waals surface area contributed by atoms with E-state index < -0.39 is 0 Å². The highest BCUT2D eigenvalue weighted by Gasteiger charge is 2.22. The first-order valence-corrected chi connectivity index (χ1v) is 5.83. The molecule has 0 saturated carbocycles. The molecule has 0 aliphatic carbocycles. The van der Waals surface area contributed by atoms with Crippen molar-refractivity contribution in [3.63, 3.8) is 0 Å². The second kappa shape index (κ2) is 5.12. The summed E-state index contributed by atoms with van der Waals surface area (Å²) in [6.45, 7) is 1.56. The molecule has 1 saturated heterocycles. The Kier molecular flexibility index (Phi) is 3.57. The minimum absolute atomic E-state index is 0.181. The Labute approximate surface area is 96.2 Å². The summed E-state index contributed by atoms with van der Waals surface area (Å²) in [6, 6.07) is 10.3. The molecule has 3 nitrogen and oxygen atoms in total. The van der Waals surface area contributed by atoms with E-state index in [1.807, 2.05) is 23.1 Å². The van der Waals surface area contributed by atoms with Crippen LogP contribution in [-0.2, 0) is 11.2 Å². The van der Waals surface area contributed by atoms with Gasteiger partial charge in [-0.15, -0.1) is 0 Å². The second-order valence-corrected chi connectivity index (χ2v) is 4.37. The van der Waals surface area contributed by atoms with Crippen LogP contribution < -0.4 is 5.73 Å². The van der Waals surface area contributed by atoms with Crippen LogP contribution in [-0.4, -0.2) is 29.9 Å². The summed E-state index contributed by atoms with van der Waals surface area (Å²) in [5.41, 5.74) is 7.00. The summed E-state index contributed by atoms with van der Waals surface area (Å²) < 4.78 is 0. The molecule has 1 aromatic rings. The molecular weight excluding hydrogens is 200 g/mol. The van der Waals surface area contributed by atoms with E-state index in [9.17, 15) is 4.79 Å². The number of hydrogen-bond acceptors (Lipinski definition) is 2. The van der Waals surface area contributed by atoms with Crippen LogP contribution in [0.4, 0.5) is 0 Å². The molecule has 2 rings (SSSR count). The summed E-state index contributed by atoms with van der Waals surface area (Å²) >= 11 is 0. The Balaban J connectivity index is 1.80. The van der Waals surface area contributed by atoms with Crippen LogP contribution in [0.2, 0.25) is 0 Å². The van der Waals surface area contributed by atoms with Crippen molar-refractivity contribution in [3.8, 4) is 0 Å². The topological polar surface area (TPSA) is 46.3 Å². The van der Waals surface area contributed by atoms with E-state index in [-0.39, 0.29) is 11.9 Å². The van der Waals surface area contributed by atoms with E-state index in [4.69, 9.17) is 5.73 Å². The molecule has 1 aliphatic rings. The number of nitrogens with zero attached hydrogens (tertiary/aromatic N) is 1. The Morgan fingerprint density at radius 3 is 2.75 bits per heavy atom. The zero-order valence-corrected chi connectivity index (χ0v) is 9.43. The Morgan fingerprint density at radius 1 is 1.38 bits per heavy atom. The van der Waals surface area contributed by atoms with E-state index >= 15 is 0 Å². The summed E-state index contributed by atoms with van der Waals surface area (Å²) in [5.74, 6) is 0.233. The second-order valence-electron chi connectivity index (χ2n) is 4.37. The lowest BCUT2D eigenvalue weighted by molar-refractivity contribution is -0.130. The smallest absolute Gasteiger partial charge is 0.222 e. The molecule has 0 bridgehead atoms. The minimum atomic E-state index is 0.181. The summed E-state index contributed by atoms with van der Waals surface area (Å²) in [7, 11) is 0. The molecule has 3 heteroatoms. The highest BCUT2D eigenvalue weighted by molar-refractivity contribution is 5.76. The van der Waals surface area contributed by atoms with E-state index in [1.54, 1.807) is 0 Å². The van der Waals surface area contributed by atoms with Crippen molar-refractivity contribution in [1.82, 2.24) is 4.90 Å². The lowest BCUT2D eigenvalue weighted by Crippen LogP contribution is -2.31. The van der Waals surface area contributed by atoms with Crippen LogP contribution in [0.25, 0.3) is 0 Å². The van der Waals surface area contributed by atoms with Crippen molar-refractivity contribution in [3.05, 3.63) is 35.9 Å². The fraction of sp³-hybridized carbons (Fsp3) is 0.462. The minimum Gasteiger partial charge on any atom is -0.341 e. The molecule has 1 fully saturated rings. The summed E-state index contributed by atoms with van der Waals surface area (Å²) in [4.78, 5) is 13.7. The van der Waals surface area contributed by atoms with Gasteiger partial charge in [-0.1, -0.05) is 30.3 Å². The van der Waals surface area contributed by atoms with Gasteiger partial charge in [-0.2, -0.15) is 0 Å². The number of aryl methyl sites for hydroxylation is 1. The first-order valence-electron chi connectivity index (χ1n) is 5.83. The average Bonchev–Trinajstić information content (AvgIpc) is 2.74.